The summed E-state index contributed by atoms with van der Waals surface area (Å²) in [6.07, 6.45) is 21.9. The number of nitrogens with two attached hydrogens (primary N) is 1. The van der Waals surface area contributed by atoms with Gasteiger partial charge in [-0.3, -0.25) is 9.59 Å². The molecular weight excluding hydrogens is 823 g/mol. The zero-order chi connectivity index (χ0) is 46.4. The number of phenols is 1. The van der Waals surface area contributed by atoms with Crippen molar-refractivity contribution in [2.45, 2.75) is 154 Å². The van der Waals surface area contributed by atoms with E-state index in [1.807, 2.05) is 30.3 Å². The average molecular weight is 900 g/mol. The van der Waals surface area contributed by atoms with Gasteiger partial charge in [0.2, 0.25) is 0 Å². The van der Waals surface area contributed by atoms with Crippen LogP contribution in [0.5, 0.6) is 11.5 Å². The van der Waals surface area contributed by atoms with Gasteiger partial charge in [-0.05, 0) is 159 Å². The van der Waals surface area contributed by atoms with Crippen LogP contribution < -0.4 is 21.1 Å². The molecule has 2 aromatic carbocycles. The second-order valence-electron chi connectivity index (χ2n) is 21.6. The van der Waals surface area contributed by atoms with Crippen molar-refractivity contribution in [3.8, 4) is 23.3 Å². The van der Waals surface area contributed by atoms with E-state index in [1.165, 1.54) is 39.2 Å². The third kappa shape index (κ3) is 10.8. The van der Waals surface area contributed by atoms with Crippen molar-refractivity contribution in [3.05, 3.63) is 88.8 Å². The molecule has 2 heterocycles. The predicted octanol–water partition coefficient (Wildman–Crippen LogP) is 9.30. The zero-order valence-electron chi connectivity index (χ0n) is 39.9. The van der Waals surface area contributed by atoms with Gasteiger partial charge in [-0.1, -0.05) is 93.5 Å². The third-order valence-electron chi connectivity index (χ3n) is 17.1. The third-order valence-corrected chi connectivity index (χ3v) is 17.1. The van der Waals surface area contributed by atoms with Gasteiger partial charge in [0.1, 0.15) is 11.2 Å². The second-order valence-corrected chi connectivity index (χ2v) is 21.6. The van der Waals surface area contributed by atoms with Crippen LogP contribution in [0.15, 0.2) is 72.1 Å². The number of aryl methyl sites for hydroxylation is 1. The van der Waals surface area contributed by atoms with Gasteiger partial charge in [0.15, 0.2) is 17.3 Å². The molecule has 0 unspecified atom stereocenters. The quantitative estimate of drug-likeness (QED) is 0.0961. The fourth-order valence-electron chi connectivity index (χ4n) is 13.3. The Balaban J connectivity index is 1.05. The highest BCUT2D eigenvalue weighted by atomic mass is 16.5. The average Bonchev–Trinajstić information content (AvgIpc) is 3.80. The number of aliphatic hydroxyl groups excluding tert-OH is 2. The van der Waals surface area contributed by atoms with Crippen LogP contribution in [0.2, 0.25) is 0 Å². The number of aromatic hydroxyl groups is 1. The predicted molar refractivity (Wildman–Crippen MR) is 262 cm³/mol. The van der Waals surface area contributed by atoms with Crippen molar-refractivity contribution in [1.82, 2.24) is 10.6 Å². The van der Waals surface area contributed by atoms with Gasteiger partial charge in [0.25, 0.3) is 0 Å². The van der Waals surface area contributed by atoms with E-state index in [9.17, 15) is 24.9 Å². The number of methoxy groups -OCH3 is 1. The van der Waals surface area contributed by atoms with Crippen molar-refractivity contribution < 1.29 is 29.6 Å². The van der Waals surface area contributed by atoms with Gasteiger partial charge in [-0.15, -0.1) is 0 Å². The van der Waals surface area contributed by atoms with Gasteiger partial charge in [-0.25, -0.2) is 0 Å². The summed E-state index contributed by atoms with van der Waals surface area (Å²) in [5.41, 5.74) is 9.35. The Hall–Kier alpha value is -4.36. The summed E-state index contributed by atoms with van der Waals surface area (Å²) in [4.78, 5) is 26.9. The van der Waals surface area contributed by atoms with Crippen molar-refractivity contribution in [2.24, 2.45) is 52.1 Å². The number of Topliss-reactive ketones (excluding diaryl/α,β-unsaturated/α-hetero) is 2. The first kappa shape index (κ1) is 48.1. The molecule has 10 atom stereocenters. The fraction of sp³-hybridized carbons (Fsp3) is 0.614. The number of hydrogen-bond acceptors (Lipinski definition) is 9. The Bertz CT molecular complexity index is 2180. The number of fused-ring (bicyclic) bond motifs is 2. The van der Waals surface area contributed by atoms with Crippen LogP contribution in [0.25, 0.3) is 6.08 Å². The van der Waals surface area contributed by atoms with Crippen molar-refractivity contribution in [1.29, 1.82) is 0 Å². The number of allylic oxidation sites excluding steroid dienone is 3. The minimum atomic E-state index is -1.17. The Morgan fingerprint density at radius 2 is 1.80 bits per heavy atom. The molecule has 7 N–H and O–H groups in total. The molecule has 9 heteroatoms. The molecule has 0 radical (unpaired) electrons. The maximum Gasteiger partial charge on any atom is 0.160 e. The van der Waals surface area contributed by atoms with E-state index in [-0.39, 0.29) is 35.2 Å². The Morgan fingerprint density at radius 1 is 1.00 bits per heavy atom. The SMILES string of the molecule is COc1cc2c(cc1O)[C@@H](CC[C@H](O)[C@H](CCC(C)C)[C@H](/C=C/c1ccccc1)C1=CCNC(N)=C1)C#C[C@@]1(CC[C@H](CC3([C@@H]4CN[C@@H]5CC(=O)CC[C@@H]5C4)CCCC3)C[C@H]1O)C(=O)CC2. The van der Waals surface area contributed by atoms with Gasteiger partial charge < -0.3 is 36.4 Å². The summed E-state index contributed by atoms with van der Waals surface area (Å²) in [5.74, 6) is 9.80. The molecule has 8 rings (SSSR count). The van der Waals surface area contributed by atoms with E-state index in [0.717, 1.165) is 60.9 Å². The summed E-state index contributed by atoms with van der Waals surface area (Å²) >= 11 is 0. The number of dihydropyridines is 1. The lowest BCUT2D eigenvalue weighted by Crippen LogP contribution is -2.53. The molecule has 4 aliphatic carbocycles. The van der Waals surface area contributed by atoms with E-state index >= 15 is 0 Å². The Kier molecular flexibility index (Phi) is 15.5. The van der Waals surface area contributed by atoms with Crippen molar-refractivity contribution in [2.75, 3.05) is 20.2 Å². The standard InChI is InChI=1S/C57H77N3O6/c1-37(2)11-17-47(46(42-23-28-59-55(58)32-42)18-12-38-9-5-4-6-10-38)50(62)19-14-40-22-27-57(53(64)20-15-41-31-52(66-3)51(63)34-48(40)41)26-21-39(29-54(57)65)35-56(24-7-8-25-56)44-30-43-13-16-45(61)33-49(43)60-36-44/h4-6,9-10,12,18,23,31-32,34,37,39-40,43-44,46-47,49-50,54,59-60,62-63,65H,7-8,11,13-17,19-21,24-26,28-30,33,35-36,58H2,1-3H3/b18-12+/t39-,40-,43+,44-,46+,47+,49+,50-,54+,57-/m0/s1. The molecule has 9 nitrogen and oxygen atoms in total. The highest BCUT2D eigenvalue weighted by Gasteiger charge is 2.51. The molecule has 2 aromatic rings. The maximum absolute atomic E-state index is 14.6. The summed E-state index contributed by atoms with van der Waals surface area (Å²) < 4.78 is 5.58. The molecule has 356 valence electrons. The van der Waals surface area contributed by atoms with Gasteiger partial charge >= 0.3 is 0 Å². The molecule has 1 saturated heterocycles. The van der Waals surface area contributed by atoms with E-state index in [1.54, 1.807) is 6.07 Å². The summed E-state index contributed by atoms with van der Waals surface area (Å²) in [7, 11) is 1.54. The van der Waals surface area contributed by atoms with Gasteiger partial charge in [0.05, 0.1) is 25.1 Å². The number of rotatable bonds is 15. The number of ether oxygens (including phenoxy) is 1. The number of phenolic OH excluding ortho intramolecular Hbond substituents is 1. The first-order valence-electron chi connectivity index (χ1n) is 25.6. The van der Waals surface area contributed by atoms with Gasteiger partial charge in [-0.2, -0.15) is 0 Å². The van der Waals surface area contributed by atoms with Crippen LogP contribution in [0.4, 0.5) is 0 Å². The summed E-state index contributed by atoms with van der Waals surface area (Å²) in [5, 5.41) is 43.0. The number of ketones is 2. The molecule has 2 aliphatic heterocycles. The molecule has 3 saturated carbocycles. The lowest BCUT2D eigenvalue weighted by molar-refractivity contribution is -0.135. The van der Waals surface area contributed by atoms with Crippen LogP contribution >= 0.6 is 0 Å². The van der Waals surface area contributed by atoms with Crippen LogP contribution in [0.3, 0.4) is 0 Å². The topological polar surface area (TPSA) is 154 Å². The first-order valence-corrected chi connectivity index (χ1v) is 25.6. The number of nitrogens with one attached hydrogen (secondary N) is 2. The monoisotopic (exact) mass is 900 g/mol. The molecule has 66 heavy (non-hydrogen) atoms. The normalized spacial score (nSPS) is 30.1. The number of carbonyl (C=O) groups is 2. The second kappa shape index (κ2) is 21.3. The zero-order valence-corrected chi connectivity index (χ0v) is 39.9. The smallest absolute Gasteiger partial charge is 0.160 e. The minimum absolute atomic E-state index is 0.00561. The Labute approximate surface area is 394 Å². The number of benzene rings is 2. The Morgan fingerprint density at radius 3 is 2.55 bits per heavy atom. The van der Waals surface area contributed by atoms with Crippen molar-refractivity contribution in [3.63, 3.8) is 0 Å². The summed E-state index contributed by atoms with van der Waals surface area (Å²) in [6.45, 7) is 6.04. The number of piperidine rings is 1. The van der Waals surface area contributed by atoms with Crippen LogP contribution in [0, 0.1) is 58.2 Å². The fourth-order valence-corrected chi connectivity index (χ4v) is 13.3. The van der Waals surface area contributed by atoms with E-state index in [2.05, 4.69) is 66.7 Å². The number of aliphatic hydroxyl groups is 2. The largest absolute Gasteiger partial charge is 0.504 e. The minimum Gasteiger partial charge on any atom is -0.504 e. The lowest BCUT2D eigenvalue weighted by atomic mass is 9.58. The van der Waals surface area contributed by atoms with Crippen LogP contribution in [-0.4, -0.2) is 65.3 Å². The molecule has 4 fully saturated rings. The molecular formula is C57H77N3O6. The van der Waals surface area contributed by atoms with E-state index < -0.39 is 23.5 Å². The summed E-state index contributed by atoms with van der Waals surface area (Å²) in [6, 6.07) is 14.2. The van der Waals surface area contributed by atoms with Crippen LogP contribution in [-0.2, 0) is 16.0 Å². The first-order chi connectivity index (χ1) is 31.9. The lowest BCUT2D eigenvalue weighted by Gasteiger charge is -2.49. The number of carbonyl (C=O) groups excluding carboxylic acids is 2. The molecule has 0 aromatic heterocycles. The molecule has 6 aliphatic rings. The van der Waals surface area contributed by atoms with Crippen molar-refractivity contribution >= 4 is 17.6 Å². The number of hydrogen-bond donors (Lipinski definition) is 6. The molecule has 1 spiro atoms. The van der Waals surface area contributed by atoms with Crippen LogP contribution in [0.1, 0.15) is 146 Å². The maximum atomic E-state index is 14.6. The van der Waals surface area contributed by atoms with E-state index in [4.69, 9.17) is 10.5 Å². The highest BCUT2D eigenvalue weighted by Crippen LogP contribution is 2.55. The highest BCUT2D eigenvalue weighted by molar-refractivity contribution is 5.89. The molecule has 0 bridgehead atoms. The van der Waals surface area contributed by atoms with E-state index in [0.29, 0.717) is 98.6 Å². The van der Waals surface area contributed by atoms with Gasteiger partial charge in [0, 0.05) is 43.7 Å². The molecule has 0 amide bonds.